The normalized spacial score (nSPS) is 41.5. The van der Waals surface area contributed by atoms with Gasteiger partial charge in [0.15, 0.2) is 0 Å². The Morgan fingerprint density at radius 3 is 2.32 bits per heavy atom. The van der Waals surface area contributed by atoms with Crippen LogP contribution in [-0.4, -0.2) is 66.0 Å². The number of hydrogen-bond donors (Lipinski definition) is 0. The molecular formula is C23H37BrN2O2. The molecule has 6 aliphatic rings. The van der Waals surface area contributed by atoms with Crippen molar-refractivity contribution in [3.05, 3.63) is 0 Å². The molecule has 6 fully saturated rings. The van der Waals surface area contributed by atoms with E-state index in [1.54, 1.807) is 0 Å². The fourth-order valence-electron chi connectivity index (χ4n) is 7.64. The molecule has 2 atom stereocenters. The van der Waals surface area contributed by atoms with Crippen LogP contribution in [0.1, 0.15) is 64.2 Å². The number of hydrogen-bond acceptors (Lipinski definition) is 3. The second-order valence-electron chi connectivity index (χ2n) is 10.9. The van der Waals surface area contributed by atoms with Crippen molar-refractivity contribution in [1.82, 2.24) is 9.80 Å². The van der Waals surface area contributed by atoms with E-state index in [2.05, 4.69) is 25.7 Å². The summed E-state index contributed by atoms with van der Waals surface area (Å²) in [4.78, 5) is 17.9. The van der Waals surface area contributed by atoms with Crippen molar-refractivity contribution in [2.75, 3.05) is 45.9 Å². The van der Waals surface area contributed by atoms with Gasteiger partial charge < -0.3 is 9.64 Å². The van der Waals surface area contributed by atoms with Crippen molar-refractivity contribution in [1.29, 1.82) is 0 Å². The Morgan fingerprint density at radius 1 is 1.00 bits per heavy atom. The van der Waals surface area contributed by atoms with Gasteiger partial charge in [-0.05, 0) is 87.5 Å². The van der Waals surface area contributed by atoms with E-state index >= 15 is 0 Å². The van der Waals surface area contributed by atoms with Gasteiger partial charge in [0.1, 0.15) is 0 Å². The van der Waals surface area contributed by atoms with Crippen LogP contribution in [0.15, 0.2) is 0 Å². The standard InChI is InChI=1S/C23H37BrN2O2/c24-23-14-19-11-20(15-23)13-22(12-19,17-23)16-21(27)26-5-2-18(3-6-26)1-4-25-7-9-28-10-8-25/h18-20H,1-17H2. The molecule has 4 aliphatic carbocycles. The number of nitrogens with zero attached hydrogens (tertiary/aromatic N) is 2. The van der Waals surface area contributed by atoms with Crippen molar-refractivity contribution in [2.24, 2.45) is 23.2 Å². The molecule has 5 heteroatoms. The summed E-state index contributed by atoms with van der Waals surface area (Å²) in [6.07, 6.45) is 12.5. The van der Waals surface area contributed by atoms with Crippen molar-refractivity contribution < 1.29 is 9.53 Å². The molecule has 1 amide bonds. The summed E-state index contributed by atoms with van der Waals surface area (Å²) >= 11 is 4.10. The summed E-state index contributed by atoms with van der Waals surface area (Å²) in [5.41, 5.74) is 0.317. The smallest absolute Gasteiger partial charge is 0.223 e. The number of piperidine rings is 1. The Bertz CT molecular complexity index is 569. The highest BCUT2D eigenvalue weighted by Crippen LogP contribution is 2.65. The second-order valence-corrected chi connectivity index (χ2v) is 12.5. The van der Waals surface area contributed by atoms with Crippen LogP contribution in [-0.2, 0) is 9.53 Å². The van der Waals surface area contributed by atoms with Crippen LogP contribution in [0, 0.1) is 23.2 Å². The van der Waals surface area contributed by atoms with Gasteiger partial charge in [-0.25, -0.2) is 0 Å². The first-order valence-corrected chi connectivity index (χ1v) is 12.6. The average molecular weight is 453 g/mol. The fourth-order valence-corrected chi connectivity index (χ4v) is 9.15. The fraction of sp³-hybridized carbons (Fsp3) is 0.957. The van der Waals surface area contributed by atoms with Gasteiger partial charge in [0, 0.05) is 36.9 Å². The number of morpholine rings is 1. The lowest BCUT2D eigenvalue weighted by molar-refractivity contribution is -0.139. The van der Waals surface area contributed by atoms with Crippen LogP contribution in [0.2, 0.25) is 0 Å². The maximum atomic E-state index is 13.2. The molecule has 4 nitrogen and oxygen atoms in total. The lowest BCUT2D eigenvalue weighted by Crippen LogP contribution is -2.54. The third-order valence-electron chi connectivity index (χ3n) is 8.56. The number of amides is 1. The van der Waals surface area contributed by atoms with E-state index in [0.29, 0.717) is 15.6 Å². The summed E-state index contributed by atoms with van der Waals surface area (Å²) in [5.74, 6) is 3.01. The number of carbonyl (C=O) groups excluding carboxylic acids is 1. The summed E-state index contributed by atoms with van der Waals surface area (Å²) in [6.45, 7) is 7.18. The molecule has 0 aromatic heterocycles. The first-order chi connectivity index (χ1) is 13.5. The van der Waals surface area contributed by atoms with Crippen LogP contribution in [0.5, 0.6) is 0 Å². The molecule has 2 heterocycles. The first-order valence-electron chi connectivity index (χ1n) is 11.8. The van der Waals surface area contributed by atoms with Gasteiger partial charge in [-0.1, -0.05) is 15.9 Å². The van der Waals surface area contributed by atoms with Gasteiger partial charge in [0.05, 0.1) is 13.2 Å². The topological polar surface area (TPSA) is 32.8 Å². The lowest BCUT2D eigenvalue weighted by atomic mass is 9.48. The Kier molecular flexibility index (Phi) is 5.55. The van der Waals surface area contributed by atoms with Crippen LogP contribution in [0.25, 0.3) is 0 Å². The lowest BCUT2D eigenvalue weighted by Gasteiger charge is -2.60. The zero-order valence-electron chi connectivity index (χ0n) is 17.3. The van der Waals surface area contributed by atoms with Crippen molar-refractivity contribution in [3.8, 4) is 0 Å². The average Bonchev–Trinajstić information content (AvgIpc) is 2.65. The van der Waals surface area contributed by atoms with E-state index in [1.807, 2.05) is 0 Å². The van der Waals surface area contributed by atoms with Crippen LogP contribution >= 0.6 is 15.9 Å². The number of alkyl halides is 1. The molecular weight excluding hydrogens is 416 g/mol. The van der Waals surface area contributed by atoms with E-state index in [9.17, 15) is 4.79 Å². The quantitative estimate of drug-likeness (QED) is 0.589. The van der Waals surface area contributed by atoms with Gasteiger partial charge in [0.25, 0.3) is 0 Å². The summed E-state index contributed by atoms with van der Waals surface area (Å²) in [6, 6.07) is 0. The molecule has 2 saturated heterocycles. The summed E-state index contributed by atoms with van der Waals surface area (Å²) in [5, 5.41) is 0. The van der Waals surface area contributed by atoms with Gasteiger partial charge in [-0.2, -0.15) is 0 Å². The number of rotatable bonds is 5. The molecule has 28 heavy (non-hydrogen) atoms. The predicted octanol–water partition coefficient (Wildman–Crippen LogP) is 4.07. The molecule has 0 spiro atoms. The maximum absolute atomic E-state index is 13.2. The zero-order valence-corrected chi connectivity index (χ0v) is 18.9. The summed E-state index contributed by atoms with van der Waals surface area (Å²) < 4.78 is 5.81. The molecule has 0 aromatic carbocycles. The largest absolute Gasteiger partial charge is 0.379 e. The number of carbonyl (C=O) groups is 1. The second kappa shape index (κ2) is 7.85. The third kappa shape index (κ3) is 4.18. The number of halogens is 1. The van der Waals surface area contributed by atoms with Gasteiger partial charge in [0.2, 0.25) is 5.91 Å². The molecule has 0 N–H and O–H groups in total. The van der Waals surface area contributed by atoms with Crippen LogP contribution in [0.3, 0.4) is 0 Å². The van der Waals surface area contributed by atoms with E-state index in [-0.39, 0.29) is 0 Å². The Balaban J connectivity index is 1.10. The molecule has 4 saturated carbocycles. The van der Waals surface area contributed by atoms with Crippen molar-refractivity contribution in [3.63, 3.8) is 0 Å². The van der Waals surface area contributed by atoms with Gasteiger partial charge >= 0.3 is 0 Å². The van der Waals surface area contributed by atoms with Gasteiger partial charge in [-0.3, -0.25) is 9.69 Å². The maximum Gasteiger partial charge on any atom is 0.223 e. The number of ether oxygens (including phenoxy) is 1. The Labute approximate surface area is 178 Å². The molecule has 0 radical (unpaired) electrons. The molecule has 4 bridgehead atoms. The monoisotopic (exact) mass is 452 g/mol. The minimum atomic E-state index is 0.317. The first kappa shape index (κ1) is 19.8. The van der Waals surface area contributed by atoms with E-state index in [4.69, 9.17) is 4.74 Å². The highest BCUT2D eigenvalue weighted by atomic mass is 79.9. The van der Waals surface area contributed by atoms with Crippen molar-refractivity contribution >= 4 is 21.8 Å². The highest BCUT2D eigenvalue weighted by molar-refractivity contribution is 9.10. The molecule has 2 unspecified atom stereocenters. The Morgan fingerprint density at radius 2 is 1.68 bits per heavy atom. The van der Waals surface area contributed by atoms with Crippen molar-refractivity contribution in [2.45, 2.75) is 68.5 Å². The summed E-state index contributed by atoms with van der Waals surface area (Å²) in [7, 11) is 0. The minimum Gasteiger partial charge on any atom is -0.379 e. The molecule has 158 valence electrons. The highest BCUT2D eigenvalue weighted by Gasteiger charge is 2.57. The van der Waals surface area contributed by atoms with E-state index in [1.165, 1.54) is 64.3 Å². The van der Waals surface area contributed by atoms with E-state index < -0.39 is 0 Å². The SMILES string of the molecule is O=C(CC12CC3CC(CC(Br)(C3)C1)C2)N1CCC(CCN2CCOCC2)CC1. The minimum absolute atomic E-state index is 0.317. The molecule has 0 aromatic rings. The Hall–Kier alpha value is -0.130. The predicted molar refractivity (Wildman–Crippen MR) is 115 cm³/mol. The molecule has 2 aliphatic heterocycles. The number of likely N-dealkylation sites (tertiary alicyclic amines) is 1. The molecule has 6 rings (SSSR count). The van der Waals surface area contributed by atoms with Gasteiger partial charge in [-0.15, -0.1) is 0 Å². The third-order valence-corrected chi connectivity index (χ3v) is 9.49. The van der Waals surface area contributed by atoms with Crippen LogP contribution < -0.4 is 0 Å². The van der Waals surface area contributed by atoms with E-state index in [0.717, 1.165) is 63.6 Å². The zero-order chi connectivity index (χ0) is 19.2. The van der Waals surface area contributed by atoms with Crippen LogP contribution in [0.4, 0.5) is 0 Å².